The molecule has 0 atom stereocenters. The molecule has 1 amide bonds. The van der Waals surface area contributed by atoms with E-state index in [0.29, 0.717) is 18.0 Å². The molecule has 0 aliphatic rings. The van der Waals surface area contributed by atoms with E-state index >= 15 is 0 Å². The van der Waals surface area contributed by atoms with Crippen LogP contribution in [0.1, 0.15) is 30.6 Å². The van der Waals surface area contributed by atoms with Gasteiger partial charge >= 0.3 is 0 Å². The molecule has 0 bridgehead atoms. The third kappa shape index (κ3) is 4.51. The van der Waals surface area contributed by atoms with Crippen LogP contribution in [0.2, 0.25) is 0 Å². The zero-order chi connectivity index (χ0) is 14.4. The lowest BCUT2D eigenvalue weighted by Gasteiger charge is -2.27. The lowest BCUT2D eigenvalue weighted by atomic mass is 10.1. The highest BCUT2D eigenvalue weighted by atomic mass is 32.2. The molecule has 0 aliphatic heterocycles. The third-order valence-electron chi connectivity index (χ3n) is 2.82. The second kappa shape index (κ2) is 7.50. The van der Waals surface area contributed by atoms with E-state index in [4.69, 9.17) is 18.0 Å². The fraction of sp³-hybridized carbons (Fsp3) is 0.429. The number of nitrogens with two attached hydrogens (primary N) is 1. The lowest BCUT2D eigenvalue weighted by Crippen LogP contribution is -2.39. The number of benzene rings is 1. The minimum absolute atomic E-state index is 0.0381. The normalized spacial score (nSPS) is 10.5. The Balaban J connectivity index is 2.95. The summed E-state index contributed by atoms with van der Waals surface area (Å²) in [7, 11) is 0. The van der Waals surface area contributed by atoms with Crippen LogP contribution in [0.15, 0.2) is 29.2 Å². The van der Waals surface area contributed by atoms with Crippen molar-refractivity contribution >= 4 is 34.9 Å². The van der Waals surface area contributed by atoms with E-state index in [1.54, 1.807) is 11.8 Å². The summed E-state index contributed by atoms with van der Waals surface area (Å²) in [5.41, 5.74) is 6.27. The summed E-state index contributed by atoms with van der Waals surface area (Å²) in [4.78, 5) is 15.9. The molecule has 2 N–H and O–H groups in total. The number of thiocarbonyl (C=S) groups is 1. The van der Waals surface area contributed by atoms with E-state index < -0.39 is 0 Å². The summed E-state index contributed by atoms with van der Waals surface area (Å²) in [5.74, 6) is 0.0381. The van der Waals surface area contributed by atoms with Crippen molar-refractivity contribution in [3.05, 3.63) is 29.8 Å². The van der Waals surface area contributed by atoms with Crippen molar-refractivity contribution in [1.82, 2.24) is 4.90 Å². The summed E-state index contributed by atoms with van der Waals surface area (Å²) in [6, 6.07) is 7.78. The standard InChI is InChI=1S/C14H20N2OS2/c1-10(2)16(9-8-13(15)18)14(17)11-6-4-5-7-12(11)19-3/h4-7,10H,8-9H2,1-3H3,(H2,15,18). The number of thioether (sulfide) groups is 1. The van der Waals surface area contributed by atoms with Crippen molar-refractivity contribution in [2.24, 2.45) is 5.73 Å². The zero-order valence-electron chi connectivity index (χ0n) is 11.6. The van der Waals surface area contributed by atoms with Crippen LogP contribution in [0.25, 0.3) is 0 Å². The first kappa shape index (κ1) is 16.0. The predicted molar refractivity (Wildman–Crippen MR) is 85.8 cm³/mol. The highest BCUT2D eigenvalue weighted by Gasteiger charge is 2.20. The highest BCUT2D eigenvalue weighted by molar-refractivity contribution is 7.98. The molecule has 0 heterocycles. The molecular formula is C14H20N2OS2. The first-order chi connectivity index (χ1) is 8.97. The topological polar surface area (TPSA) is 46.3 Å². The summed E-state index contributed by atoms with van der Waals surface area (Å²) < 4.78 is 0. The van der Waals surface area contributed by atoms with Gasteiger partial charge in [-0.05, 0) is 32.2 Å². The molecule has 0 unspecified atom stereocenters. The van der Waals surface area contributed by atoms with Gasteiger partial charge in [-0.25, -0.2) is 0 Å². The van der Waals surface area contributed by atoms with Crippen LogP contribution < -0.4 is 5.73 Å². The summed E-state index contributed by atoms with van der Waals surface area (Å²) in [6.45, 7) is 4.56. The van der Waals surface area contributed by atoms with Gasteiger partial charge in [0.1, 0.15) is 0 Å². The average molecular weight is 296 g/mol. The number of carbonyl (C=O) groups is 1. The van der Waals surface area contributed by atoms with E-state index in [-0.39, 0.29) is 11.9 Å². The Morgan fingerprint density at radius 1 is 1.42 bits per heavy atom. The SMILES string of the molecule is CSc1ccccc1C(=O)N(CCC(N)=S)C(C)C. The van der Waals surface area contributed by atoms with E-state index in [9.17, 15) is 4.79 Å². The van der Waals surface area contributed by atoms with Gasteiger partial charge in [0.2, 0.25) is 0 Å². The second-order valence-electron chi connectivity index (χ2n) is 4.51. The van der Waals surface area contributed by atoms with Gasteiger partial charge in [0.25, 0.3) is 5.91 Å². The maximum absolute atomic E-state index is 12.6. The second-order valence-corrected chi connectivity index (χ2v) is 5.88. The van der Waals surface area contributed by atoms with Crippen LogP contribution in [-0.2, 0) is 0 Å². The molecule has 5 heteroatoms. The molecule has 0 radical (unpaired) electrons. The van der Waals surface area contributed by atoms with E-state index in [1.165, 1.54) is 0 Å². The number of carbonyl (C=O) groups excluding carboxylic acids is 1. The number of rotatable bonds is 6. The molecule has 0 aliphatic carbocycles. The molecule has 0 saturated carbocycles. The summed E-state index contributed by atoms with van der Waals surface area (Å²) in [5, 5.41) is 0. The van der Waals surface area contributed by atoms with Crippen LogP contribution in [0.5, 0.6) is 0 Å². The van der Waals surface area contributed by atoms with E-state index in [2.05, 4.69) is 0 Å². The number of nitrogens with zero attached hydrogens (tertiary/aromatic N) is 1. The number of amides is 1. The Bertz CT molecular complexity index is 461. The first-order valence-electron chi connectivity index (χ1n) is 6.19. The quantitative estimate of drug-likeness (QED) is 0.647. The molecular weight excluding hydrogens is 276 g/mol. The van der Waals surface area contributed by atoms with Gasteiger partial charge in [-0.2, -0.15) is 0 Å². The average Bonchev–Trinajstić information content (AvgIpc) is 2.37. The van der Waals surface area contributed by atoms with E-state index in [0.717, 1.165) is 10.5 Å². The monoisotopic (exact) mass is 296 g/mol. The predicted octanol–water partition coefficient (Wildman–Crippen LogP) is 2.94. The largest absolute Gasteiger partial charge is 0.393 e. The maximum atomic E-state index is 12.6. The molecule has 0 saturated heterocycles. The fourth-order valence-corrected chi connectivity index (χ4v) is 2.48. The molecule has 19 heavy (non-hydrogen) atoms. The van der Waals surface area contributed by atoms with Crippen LogP contribution in [-0.4, -0.2) is 34.6 Å². The maximum Gasteiger partial charge on any atom is 0.255 e. The minimum Gasteiger partial charge on any atom is -0.393 e. The Morgan fingerprint density at radius 3 is 2.58 bits per heavy atom. The Hall–Kier alpha value is -1.07. The molecule has 0 spiro atoms. The number of hydrogen-bond donors (Lipinski definition) is 1. The molecule has 1 rings (SSSR count). The first-order valence-corrected chi connectivity index (χ1v) is 7.83. The van der Waals surface area contributed by atoms with Crippen LogP contribution in [0, 0.1) is 0 Å². The van der Waals surface area contributed by atoms with Gasteiger partial charge in [-0.15, -0.1) is 11.8 Å². The molecule has 104 valence electrons. The Morgan fingerprint density at radius 2 is 2.05 bits per heavy atom. The van der Waals surface area contributed by atoms with E-state index in [1.807, 2.05) is 49.3 Å². The molecule has 0 fully saturated rings. The lowest BCUT2D eigenvalue weighted by molar-refractivity contribution is 0.0708. The third-order valence-corrected chi connectivity index (χ3v) is 3.82. The van der Waals surface area contributed by atoms with Crippen LogP contribution in [0.4, 0.5) is 0 Å². The minimum atomic E-state index is 0.0381. The molecule has 1 aromatic rings. The van der Waals surface area contributed by atoms with Gasteiger partial charge in [0.05, 0.1) is 10.6 Å². The van der Waals surface area contributed by atoms with Crippen molar-refractivity contribution in [2.45, 2.75) is 31.2 Å². The van der Waals surface area contributed by atoms with Crippen molar-refractivity contribution in [2.75, 3.05) is 12.8 Å². The molecule has 0 aromatic heterocycles. The highest BCUT2D eigenvalue weighted by Crippen LogP contribution is 2.22. The van der Waals surface area contributed by atoms with Gasteiger partial charge in [-0.1, -0.05) is 24.4 Å². The van der Waals surface area contributed by atoms with Crippen molar-refractivity contribution in [3.63, 3.8) is 0 Å². The van der Waals surface area contributed by atoms with Crippen molar-refractivity contribution < 1.29 is 4.79 Å². The summed E-state index contributed by atoms with van der Waals surface area (Å²) >= 11 is 6.47. The van der Waals surface area contributed by atoms with Gasteiger partial charge in [0.15, 0.2) is 0 Å². The summed E-state index contributed by atoms with van der Waals surface area (Å²) in [6.07, 6.45) is 2.53. The smallest absolute Gasteiger partial charge is 0.255 e. The van der Waals surface area contributed by atoms with Gasteiger partial charge < -0.3 is 10.6 Å². The number of hydrogen-bond acceptors (Lipinski definition) is 3. The fourth-order valence-electron chi connectivity index (χ4n) is 1.80. The van der Waals surface area contributed by atoms with Crippen LogP contribution in [0.3, 0.4) is 0 Å². The van der Waals surface area contributed by atoms with Crippen molar-refractivity contribution in [1.29, 1.82) is 0 Å². The van der Waals surface area contributed by atoms with Gasteiger partial charge in [-0.3, -0.25) is 4.79 Å². The Labute approximate surface area is 124 Å². The van der Waals surface area contributed by atoms with Crippen molar-refractivity contribution in [3.8, 4) is 0 Å². The Kier molecular flexibility index (Phi) is 6.31. The molecule has 3 nitrogen and oxygen atoms in total. The molecule has 1 aromatic carbocycles. The zero-order valence-corrected chi connectivity index (χ0v) is 13.2. The van der Waals surface area contributed by atoms with Gasteiger partial charge in [0, 0.05) is 23.9 Å². The van der Waals surface area contributed by atoms with Crippen LogP contribution >= 0.6 is 24.0 Å².